The summed E-state index contributed by atoms with van der Waals surface area (Å²) >= 11 is 6.15. The number of aromatic nitrogens is 2. The molecule has 11 heteroatoms. The van der Waals surface area contributed by atoms with E-state index in [2.05, 4.69) is 5.32 Å². The normalized spacial score (nSPS) is 20.2. The van der Waals surface area contributed by atoms with Crippen molar-refractivity contribution in [1.82, 2.24) is 9.97 Å². The Kier molecular flexibility index (Phi) is 7.30. The molecule has 1 fully saturated rings. The molecular weight excluding hydrogens is 481 g/mol. The van der Waals surface area contributed by atoms with Crippen LogP contribution in [0, 0.1) is 0 Å². The van der Waals surface area contributed by atoms with Gasteiger partial charge in [-0.3, -0.25) is 4.90 Å². The molecule has 2 amide bonds. The van der Waals surface area contributed by atoms with Gasteiger partial charge >= 0.3 is 12.2 Å². The molecule has 35 heavy (non-hydrogen) atoms. The fraction of sp³-hybridized carbons (Fsp3) is 0.542. The molecular formula is C24H30ClF3N6O. The summed E-state index contributed by atoms with van der Waals surface area (Å²) in [7, 11) is 3.97. The number of nitrogens with two attached hydrogens (primary N) is 1. The highest BCUT2D eigenvalue weighted by atomic mass is 35.5. The molecule has 1 heterocycles. The van der Waals surface area contributed by atoms with E-state index in [9.17, 15) is 18.0 Å². The number of hydrogen-bond donors (Lipinski definition) is 2. The lowest BCUT2D eigenvalue weighted by atomic mass is 9.90. The van der Waals surface area contributed by atoms with Crippen molar-refractivity contribution < 1.29 is 18.0 Å². The number of rotatable bonds is 5. The molecule has 0 saturated heterocycles. The number of benzene rings is 1. The first-order valence-electron chi connectivity index (χ1n) is 11.8. The number of primary amides is 1. The Hall–Kier alpha value is -2.75. The minimum absolute atomic E-state index is 0.112. The number of aryl methyl sites for hydroxylation is 1. The van der Waals surface area contributed by atoms with Gasteiger partial charge in [-0.05, 0) is 69.6 Å². The molecule has 0 bridgehead atoms. The first kappa shape index (κ1) is 25.3. The van der Waals surface area contributed by atoms with Crippen LogP contribution in [0.5, 0.6) is 0 Å². The van der Waals surface area contributed by atoms with Crippen LogP contribution in [-0.4, -0.2) is 42.2 Å². The number of amides is 2. The zero-order valence-electron chi connectivity index (χ0n) is 19.8. The highest BCUT2D eigenvalue weighted by Crippen LogP contribution is 2.38. The number of nitrogens with one attached hydrogen (secondary N) is 1. The highest BCUT2D eigenvalue weighted by Gasteiger charge is 2.34. The van der Waals surface area contributed by atoms with Crippen LogP contribution in [0.4, 0.5) is 35.4 Å². The maximum atomic E-state index is 13.0. The molecule has 2 aliphatic rings. The van der Waals surface area contributed by atoms with Gasteiger partial charge in [0.25, 0.3) is 0 Å². The lowest BCUT2D eigenvalue weighted by molar-refractivity contribution is -0.137. The summed E-state index contributed by atoms with van der Waals surface area (Å²) in [4.78, 5) is 25.1. The van der Waals surface area contributed by atoms with Crippen LogP contribution < -0.4 is 20.9 Å². The van der Waals surface area contributed by atoms with E-state index >= 15 is 0 Å². The van der Waals surface area contributed by atoms with Crippen molar-refractivity contribution in [3.8, 4) is 0 Å². The van der Waals surface area contributed by atoms with E-state index in [1.54, 1.807) is 0 Å². The van der Waals surface area contributed by atoms with Crippen molar-refractivity contribution in [1.29, 1.82) is 0 Å². The topological polar surface area (TPSA) is 87.4 Å². The Morgan fingerprint density at radius 1 is 1.11 bits per heavy atom. The molecule has 4 rings (SSSR count). The molecule has 0 unspecified atom stereocenters. The van der Waals surface area contributed by atoms with E-state index in [1.807, 2.05) is 19.0 Å². The SMILES string of the molecule is CN(C)c1nc(NC2CCC(N(C(N)=O)c3ccc(C(F)(F)F)cc3Cl)CC2)nc2c1CCCC2. The third kappa shape index (κ3) is 5.58. The van der Waals surface area contributed by atoms with Crippen molar-refractivity contribution >= 4 is 35.1 Å². The smallest absolute Gasteiger partial charge is 0.362 e. The Labute approximate surface area is 207 Å². The van der Waals surface area contributed by atoms with Crippen molar-refractivity contribution in [3.05, 3.63) is 40.0 Å². The van der Waals surface area contributed by atoms with Gasteiger partial charge in [0.15, 0.2) is 0 Å². The van der Waals surface area contributed by atoms with Crippen LogP contribution in [0.3, 0.4) is 0 Å². The first-order chi connectivity index (χ1) is 16.5. The zero-order valence-corrected chi connectivity index (χ0v) is 20.6. The number of alkyl halides is 3. The van der Waals surface area contributed by atoms with Crippen LogP contribution in [0.1, 0.15) is 55.3 Å². The molecule has 1 aromatic heterocycles. The van der Waals surface area contributed by atoms with Gasteiger partial charge in [0.05, 0.1) is 22.0 Å². The largest absolute Gasteiger partial charge is 0.416 e. The molecule has 0 atom stereocenters. The van der Waals surface area contributed by atoms with E-state index in [0.717, 1.165) is 62.2 Å². The summed E-state index contributed by atoms with van der Waals surface area (Å²) in [5.41, 5.74) is 7.27. The van der Waals surface area contributed by atoms with E-state index in [0.29, 0.717) is 18.8 Å². The maximum absolute atomic E-state index is 13.0. The second kappa shape index (κ2) is 10.1. The van der Waals surface area contributed by atoms with Crippen LogP contribution in [-0.2, 0) is 19.0 Å². The average molecular weight is 511 g/mol. The summed E-state index contributed by atoms with van der Waals surface area (Å²) < 4.78 is 39.0. The Balaban J connectivity index is 1.46. The second-order valence-corrected chi connectivity index (χ2v) is 9.83. The monoisotopic (exact) mass is 510 g/mol. The van der Waals surface area contributed by atoms with Gasteiger partial charge < -0.3 is 16.0 Å². The zero-order chi connectivity index (χ0) is 25.3. The van der Waals surface area contributed by atoms with Crippen molar-refractivity contribution in [2.75, 3.05) is 29.2 Å². The summed E-state index contributed by atoms with van der Waals surface area (Å²) in [6.45, 7) is 0. The molecule has 0 aliphatic heterocycles. The average Bonchev–Trinajstić information content (AvgIpc) is 2.80. The maximum Gasteiger partial charge on any atom is 0.416 e. The number of urea groups is 1. The Morgan fingerprint density at radius 3 is 2.40 bits per heavy atom. The second-order valence-electron chi connectivity index (χ2n) is 9.42. The molecule has 2 aromatic rings. The van der Waals surface area contributed by atoms with Crippen LogP contribution in [0.2, 0.25) is 5.02 Å². The number of halogens is 4. The van der Waals surface area contributed by atoms with E-state index in [-0.39, 0.29) is 22.8 Å². The van der Waals surface area contributed by atoms with Crippen molar-refractivity contribution in [3.63, 3.8) is 0 Å². The van der Waals surface area contributed by atoms with Crippen LogP contribution in [0.25, 0.3) is 0 Å². The molecule has 7 nitrogen and oxygen atoms in total. The van der Waals surface area contributed by atoms with Gasteiger partial charge in [0, 0.05) is 31.7 Å². The molecule has 2 aliphatic carbocycles. The van der Waals surface area contributed by atoms with Gasteiger partial charge in [-0.15, -0.1) is 0 Å². The number of hydrogen-bond acceptors (Lipinski definition) is 5. The third-order valence-corrected chi connectivity index (χ3v) is 7.05. The van der Waals surface area contributed by atoms with Gasteiger partial charge in [-0.25, -0.2) is 9.78 Å². The minimum atomic E-state index is -4.52. The highest BCUT2D eigenvalue weighted by molar-refractivity contribution is 6.33. The van der Waals surface area contributed by atoms with Crippen molar-refractivity contribution in [2.45, 2.75) is 69.6 Å². The van der Waals surface area contributed by atoms with Crippen molar-refractivity contribution in [2.24, 2.45) is 5.73 Å². The van der Waals surface area contributed by atoms with Crippen LogP contribution in [0.15, 0.2) is 18.2 Å². The summed E-state index contributed by atoms with van der Waals surface area (Å²) in [5, 5.41) is 3.30. The fourth-order valence-electron chi connectivity index (χ4n) is 5.04. The number of carbonyl (C=O) groups excluding carboxylic acids is 1. The number of fused-ring (bicyclic) bond motifs is 1. The molecule has 190 valence electrons. The number of anilines is 3. The number of nitrogens with zero attached hydrogens (tertiary/aromatic N) is 4. The molecule has 0 radical (unpaired) electrons. The lowest BCUT2D eigenvalue weighted by Gasteiger charge is -2.36. The van der Waals surface area contributed by atoms with E-state index in [4.69, 9.17) is 27.3 Å². The summed E-state index contributed by atoms with van der Waals surface area (Å²) in [5.74, 6) is 1.55. The lowest BCUT2D eigenvalue weighted by Crippen LogP contribution is -2.47. The predicted octanol–water partition coefficient (Wildman–Crippen LogP) is 5.40. The predicted molar refractivity (Wildman–Crippen MR) is 131 cm³/mol. The Bertz CT molecular complexity index is 1090. The quantitative estimate of drug-likeness (QED) is 0.562. The number of carbonyl (C=O) groups is 1. The first-order valence-corrected chi connectivity index (χ1v) is 12.2. The van der Waals surface area contributed by atoms with Gasteiger partial charge in [0.2, 0.25) is 5.95 Å². The Morgan fingerprint density at radius 2 is 1.80 bits per heavy atom. The minimum Gasteiger partial charge on any atom is -0.362 e. The van der Waals surface area contributed by atoms with Crippen LogP contribution >= 0.6 is 11.6 Å². The summed E-state index contributed by atoms with van der Waals surface area (Å²) in [6, 6.07) is 2.07. The van der Waals surface area contributed by atoms with E-state index < -0.39 is 17.8 Å². The molecule has 0 spiro atoms. The van der Waals surface area contributed by atoms with Gasteiger partial charge in [-0.2, -0.15) is 18.2 Å². The van der Waals surface area contributed by atoms with E-state index in [1.165, 1.54) is 16.5 Å². The standard InChI is InChI=1S/C24H30ClF3N6O/c1-33(2)21-17-5-3-4-6-19(17)31-23(32-21)30-15-8-10-16(11-9-15)34(22(29)35)20-12-7-14(13-18(20)25)24(26,27)28/h7,12-13,15-16H,3-6,8-11H2,1-2H3,(H2,29,35)(H,30,31,32). The fourth-order valence-corrected chi connectivity index (χ4v) is 5.32. The molecule has 1 saturated carbocycles. The molecule has 3 N–H and O–H groups in total. The van der Waals surface area contributed by atoms with Gasteiger partial charge in [-0.1, -0.05) is 11.6 Å². The van der Waals surface area contributed by atoms with Gasteiger partial charge in [0.1, 0.15) is 5.82 Å². The molecule has 1 aromatic carbocycles. The third-order valence-electron chi connectivity index (χ3n) is 6.75. The summed E-state index contributed by atoms with van der Waals surface area (Å²) in [6.07, 6.45) is 2.37.